The Morgan fingerprint density at radius 3 is 2.52 bits per heavy atom. The van der Waals surface area contributed by atoms with E-state index in [2.05, 4.69) is 42.3 Å². The second-order valence-electron chi connectivity index (χ2n) is 5.73. The highest BCUT2D eigenvalue weighted by molar-refractivity contribution is 7.09. The molecule has 4 heteroatoms. The van der Waals surface area contributed by atoms with Crippen molar-refractivity contribution >= 4 is 28.6 Å². The maximum Gasteiger partial charge on any atom is 0.0642 e. The van der Waals surface area contributed by atoms with E-state index < -0.39 is 0 Å². The number of benzene rings is 1. The second kappa shape index (κ2) is 7.30. The van der Waals surface area contributed by atoms with E-state index in [1.165, 1.54) is 10.4 Å². The van der Waals surface area contributed by atoms with E-state index in [4.69, 9.17) is 17.3 Å². The minimum atomic E-state index is 0.123. The molecule has 2 rings (SSSR count). The van der Waals surface area contributed by atoms with Gasteiger partial charge in [-0.3, -0.25) is 0 Å². The molecule has 0 aliphatic carbocycles. The average molecular weight is 323 g/mol. The quantitative estimate of drug-likeness (QED) is 0.834. The van der Waals surface area contributed by atoms with Gasteiger partial charge in [-0.05, 0) is 50.3 Å². The summed E-state index contributed by atoms with van der Waals surface area (Å²) in [4.78, 5) is 3.71. The molecule has 2 nitrogen and oxygen atoms in total. The summed E-state index contributed by atoms with van der Waals surface area (Å²) in [6.45, 7) is 7.31. The lowest BCUT2D eigenvalue weighted by Crippen LogP contribution is -2.31. The maximum absolute atomic E-state index is 6.51. The van der Waals surface area contributed by atoms with E-state index in [-0.39, 0.29) is 6.04 Å². The highest BCUT2D eigenvalue weighted by Gasteiger charge is 2.19. The first kappa shape index (κ1) is 16.3. The Bertz CT molecular complexity index is 564. The molecule has 2 aromatic rings. The molecule has 1 aromatic carbocycles. The summed E-state index contributed by atoms with van der Waals surface area (Å²) in [5, 5.41) is 2.92. The van der Waals surface area contributed by atoms with Gasteiger partial charge in [0.15, 0.2) is 0 Å². The predicted octanol–water partition coefficient (Wildman–Crippen LogP) is 4.71. The monoisotopic (exact) mass is 322 g/mol. The minimum Gasteiger partial charge on any atom is -0.363 e. The number of rotatable bonds is 6. The molecule has 1 heterocycles. The number of halogens is 1. The fraction of sp³-hybridized carbons (Fsp3) is 0.412. The Kier molecular flexibility index (Phi) is 5.68. The van der Waals surface area contributed by atoms with Crippen LogP contribution in [0.3, 0.4) is 0 Å². The Labute approximate surface area is 136 Å². The van der Waals surface area contributed by atoms with Crippen LogP contribution in [-0.2, 0) is 13.0 Å². The van der Waals surface area contributed by atoms with Gasteiger partial charge in [-0.15, -0.1) is 11.3 Å². The number of nitrogens with zero attached hydrogens (tertiary/aromatic N) is 1. The lowest BCUT2D eigenvalue weighted by Gasteiger charge is -2.32. The van der Waals surface area contributed by atoms with Crippen LogP contribution in [0.1, 0.15) is 31.2 Å². The number of para-hydroxylation sites is 1. The van der Waals surface area contributed by atoms with Gasteiger partial charge in [0.1, 0.15) is 0 Å². The Morgan fingerprint density at radius 2 is 1.95 bits per heavy atom. The lowest BCUT2D eigenvalue weighted by molar-refractivity contribution is 0.674. The van der Waals surface area contributed by atoms with E-state index in [1.54, 1.807) is 11.3 Å². The molecule has 2 N–H and O–H groups in total. The van der Waals surface area contributed by atoms with Crippen molar-refractivity contribution in [2.45, 2.75) is 45.8 Å². The highest BCUT2D eigenvalue weighted by atomic mass is 35.5. The van der Waals surface area contributed by atoms with Crippen molar-refractivity contribution in [3.05, 3.63) is 51.2 Å². The SMILES string of the molecule is CC(N)Cc1cccc(Cl)c1N(Cc1cccs1)C(C)C. The van der Waals surface area contributed by atoms with Crippen LogP contribution in [0.2, 0.25) is 5.02 Å². The average Bonchev–Trinajstić information content (AvgIpc) is 2.89. The molecule has 0 aliphatic rings. The van der Waals surface area contributed by atoms with Crippen molar-refractivity contribution in [3.63, 3.8) is 0 Å². The van der Waals surface area contributed by atoms with E-state index in [0.29, 0.717) is 6.04 Å². The molecular formula is C17H23ClN2S. The topological polar surface area (TPSA) is 29.3 Å². The maximum atomic E-state index is 6.51. The molecule has 1 atom stereocenters. The van der Waals surface area contributed by atoms with Crippen LogP contribution in [0, 0.1) is 0 Å². The molecule has 0 fully saturated rings. The zero-order valence-electron chi connectivity index (χ0n) is 12.8. The third-order valence-corrected chi connectivity index (χ3v) is 4.60. The van der Waals surface area contributed by atoms with Crippen molar-refractivity contribution in [1.82, 2.24) is 0 Å². The van der Waals surface area contributed by atoms with Crippen LogP contribution in [-0.4, -0.2) is 12.1 Å². The first-order valence-electron chi connectivity index (χ1n) is 7.31. The van der Waals surface area contributed by atoms with Gasteiger partial charge < -0.3 is 10.6 Å². The second-order valence-corrected chi connectivity index (χ2v) is 7.17. The molecule has 0 aliphatic heterocycles. The molecule has 0 radical (unpaired) electrons. The molecule has 1 aromatic heterocycles. The summed E-state index contributed by atoms with van der Waals surface area (Å²) < 4.78 is 0. The van der Waals surface area contributed by atoms with Gasteiger partial charge in [-0.1, -0.05) is 29.8 Å². The van der Waals surface area contributed by atoms with Gasteiger partial charge in [0, 0.05) is 17.0 Å². The highest BCUT2D eigenvalue weighted by Crippen LogP contribution is 2.33. The summed E-state index contributed by atoms with van der Waals surface area (Å²) in [5.74, 6) is 0. The number of anilines is 1. The van der Waals surface area contributed by atoms with Crippen LogP contribution in [0.4, 0.5) is 5.69 Å². The largest absolute Gasteiger partial charge is 0.363 e. The number of hydrogen-bond acceptors (Lipinski definition) is 3. The van der Waals surface area contributed by atoms with Crippen LogP contribution >= 0.6 is 22.9 Å². The number of hydrogen-bond donors (Lipinski definition) is 1. The molecule has 0 amide bonds. The summed E-state index contributed by atoms with van der Waals surface area (Å²) in [5.41, 5.74) is 8.35. The molecular weight excluding hydrogens is 300 g/mol. The predicted molar refractivity (Wildman–Crippen MR) is 94.4 cm³/mol. The third-order valence-electron chi connectivity index (χ3n) is 3.43. The van der Waals surface area contributed by atoms with E-state index in [9.17, 15) is 0 Å². The molecule has 114 valence electrons. The third kappa shape index (κ3) is 4.22. The molecule has 21 heavy (non-hydrogen) atoms. The molecule has 0 spiro atoms. The van der Waals surface area contributed by atoms with Crippen LogP contribution in [0.5, 0.6) is 0 Å². The summed E-state index contributed by atoms with van der Waals surface area (Å²) in [7, 11) is 0. The van der Waals surface area contributed by atoms with Crippen molar-refractivity contribution in [2.75, 3.05) is 4.90 Å². The first-order valence-corrected chi connectivity index (χ1v) is 8.56. The van der Waals surface area contributed by atoms with Gasteiger partial charge in [-0.2, -0.15) is 0 Å². The van der Waals surface area contributed by atoms with Gasteiger partial charge in [0.2, 0.25) is 0 Å². The standard InChI is InChI=1S/C17H23ClN2S/c1-12(2)20(11-15-7-5-9-21-15)17-14(10-13(3)19)6-4-8-16(17)18/h4-9,12-13H,10-11,19H2,1-3H3. The van der Waals surface area contributed by atoms with Crippen molar-refractivity contribution in [1.29, 1.82) is 0 Å². The van der Waals surface area contributed by atoms with Crippen molar-refractivity contribution < 1.29 is 0 Å². The van der Waals surface area contributed by atoms with Crippen LogP contribution < -0.4 is 10.6 Å². The van der Waals surface area contributed by atoms with Crippen molar-refractivity contribution in [2.24, 2.45) is 5.73 Å². The minimum absolute atomic E-state index is 0.123. The normalized spacial score (nSPS) is 12.7. The fourth-order valence-electron chi connectivity index (χ4n) is 2.48. The van der Waals surface area contributed by atoms with Crippen LogP contribution in [0.25, 0.3) is 0 Å². The smallest absolute Gasteiger partial charge is 0.0642 e. The van der Waals surface area contributed by atoms with Gasteiger partial charge in [0.25, 0.3) is 0 Å². The van der Waals surface area contributed by atoms with Gasteiger partial charge >= 0.3 is 0 Å². The van der Waals surface area contributed by atoms with E-state index in [0.717, 1.165) is 23.7 Å². The first-order chi connectivity index (χ1) is 9.99. The Hall–Kier alpha value is -1.03. The van der Waals surface area contributed by atoms with Crippen molar-refractivity contribution in [3.8, 4) is 0 Å². The number of nitrogens with two attached hydrogens (primary N) is 1. The fourth-order valence-corrected chi connectivity index (χ4v) is 3.49. The van der Waals surface area contributed by atoms with E-state index in [1.807, 2.05) is 19.1 Å². The summed E-state index contributed by atoms with van der Waals surface area (Å²) >= 11 is 8.29. The van der Waals surface area contributed by atoms with Gasteiger partial charge in [-0.25, -0.2) is 0 Å². The molecule has 0 bridgehead atoms. The molecule has 1 unspecified atom stereocenters. The van der Waals surface area contributed by atoms with Gasteiger partial charge in [0.05, 0.1) is 17.3 Å². The summed E-state index contributed by atoms with van der Waals surface area (Å²) in [6, 6.07) is 10.9. The Morgan fingerprint density at radius 1 is 1.19 bits per heavy atom. The number of thiophene rings is 1. The summed E-state index contributed by atoms with van der Waals surface area (Å²) in [6.07, 6.45) is 0.837. The molecule has 0 saturated heterocycles. The lowest BCUT2D eigenvalue weighted by atomic mass is 10.0. The van der Waals surface area contributed by atoms with Crippen LogP contribution in [0.15, 0.2) is 35.7 Å². The Balaban J connectivity index is 2.39. The zero-order chi connectivity index (χ0) is 15.4. The molecule has 0 saturated carbocycles. The zero-order valence-corrected chi connectivity index (χ0v) is 14.4. The van der Waals surface area contributed by atoms with E-state index >= 15 is 0 Å².